The highest BCUT2D eigenvalue weighted by molar-refractivity contribution is 7.10. The zero-order chi connectivity index (χ0) is 15.8. The molecule has 1 aliphatic heterocycles. The molecule has 6 heteroatoms. The first-order chi connectivity index (χ1) is 11.3. The fourth-order valence-corrected chi connectivity index (χ4v) is 3.63. The molecule has 0 fully saturated rings. The summed E-state index contributed by atoms with van der Waals surface area (Å²) in [5.74, 6) is 0.718. The van der Waals surface area contributed by atoms with Gasteiger partial charge in [-0.1, -0.05) is 6.07 Å². The van der Waals surface area contributed by atoms with E-state index in [0.29, 0.717) is 12.3 Å². The molecule has 1 unspecified atom stereocenters. The molecule has 1 aliphatic rings. The molecule has 4 rings (SSSR count). The number of rotatable bonds is 4. The number of carbonyl (C=O) groups excluding carboxylic acids is 1. The van der Waals surface area contributed by atoms with Crippen molar-refractivity contribution in [2.45, 2.75) is 13.0 Å². The monoisotopic (exact) mass is 325 g/mol. The first kappa shape index (κ1) is 14.0. The van der Waals surface area contributed by atoms with Crippen LogP contribution in [0.4, 0.5) is 0 Å². The summed E-state index contributed by atoms with van der Waals surface area (Å²) in [6.07, 6.45) is 0. The smallest absolute Gasteiger partial charge is 0.270 e. The van der Waals surface area contributed by atoms with E-state index in [2.05, 4.69) is 15.5 Å². The van der Waals surface area contributed by atoms with Gasteiger partial charge in [-0.25, -0.2) is 0 Å². The van der Waals surface area contributed by atoms with E-state index in [9.17, 15) is 4.79 Å². The third kappa shape index (κ3) is 2.31. The summed E-state index contributed by atoms with van der Waals surface area (Å²) in [5.41, 5.74) is 3.23. The molecular weight excluding hydrogens is 310 g/mol. The molecule has 1 amide bonds. The second-order valence-electron chi connectivity index (χ2n) is 5.24. The fourth-order valence-electron chi connectivity index (χ4n) is 2.84. The highest BCUT2D eigenvalue weighted by Crippen LogP contribution is 2.38. The summed E-state index contributed by atoms with van der Waals surface area (Å²) in [6.45, 7) is 2.59. The number of aromatic amines is 1. The molecule has 2 aromatic heterocycles. The summed E-state index contributed by atoms with van der Waals surface area (Å²) in [7, 11) is 0. The number of aromatic nitrogens is 2. The lowest BCUT2D eigenvalue weighted by Crippen LogP contribution is -2.20. The van der Waals surface area contributed by atoms with Crippen molar-refractivity contribution in [3.8, 4) is 17.0 Å². The number of hydrogen-bond acceptors (Lipinski definition) is 4. The number of nitrogens with one attached hydrogen (secondary N) is 2. The minimum Gasteiger partial charge on any atom is -0.494 e. The molecule has 3 aromatic rings. The van der Waals surface area contributed by atoms with Crippen LogP contribution in [0.5, 0.6) is 5.75 Å². The SMILES string of the molecule is CCOc1ccc(-c2n[nH]c3c2C(c2cccs2)NC3=O)cc1. The van der Waals surface area contributed by atoms with Gasteiger partial charge in [-0.05, 0) is 42.6 Å². The van der Waals surface area contributed by atoms with Crippen LogP contribution < -0.4 is 10.1 Å². The average molecular weight is 325 g/mol. The van der Waals surface area contributed by atoms with Gasteiger partial charge in [0.15, 0.2) is 0 Å². The summed E-state index contributed by atoms with van der Waals surface area (Å²) in [5, 5.41) is 12.3. The number of benzene rings is 1. The van der Waals surface area contributed by atoms with Gasteiger partial charge >= 0.3 is 0 Å². The van der Waals surface area contributed by atoms with E-state index in [1.807, 2.05) is 48.7 Å². The van der Waals surface area contributed by atoms with Crippen LogP contribution in [0.3, 0.4) is 0 Å². The van der Waals surface area contributed by atoms with Crippen LogP contribution in [-0.4, -0.2) is 22.7 Å². The van der Waals surface area contributed by atoms with Crippen LogP contribution in [0.25, 0.3) is 11.3 Å². The predicted octanol–water partition coefficient (Wildman–Crippen LogP) is 3.37. The second kappa shape index (κ2) is 5.55. The molecule has 23 heavy (non-hydrogen) atoms. The van der Waals surface area contributed by atoms with Gasteiger partial charge in [-0.3, -0.25) is 9.89 Å². The Morgan fingerprint density at radius 2 is 2.09 bits per heavy atom. The third-order valence-electron chi connectivity index (χ3n) is 3.86. The molecule has 116 valence electrons. The Kier molecular flexibility index (Phi) is 3.38. The number of amides is 1. The van der Waals surface area contributed by atoms with E-state index in [1.165, 1.54) is 0 Å². The van der Waals surface area contributed by atoms with Gasteiger partial charge in [0.2, 0.25) is 0 Å². The Balaban J connectivity index is 1.77. The molecule has 0 saturated carbocycles. The topological polar surface area (TPSA) is 67.0 Å². The standard InChI is InChI=1S/C17H15N3O2S/c1-2-22-11-7-5-10(6-8-11)14-13-15(12-4-3-9-23-12)18-17(21)16(13)20-19-14/h3-9,15H,2H2,1H3,(H,18,21)(H,19,20). The van der Waals surface area contributed by atoms with E-state index in [1.54, 1.807) is 11.3 Å². The first-order valence-corrected chi connectivity index (χ1v) is 8.31. The largest absolute Gasteiger partial charge is 0.494 e. The molecule has 0 aliphatic carbocycles. The Morgan fingerprint density at radius 3 is 2.78 bits per heavy atom. The predicted molar refractivity (Wildman–Crippen MR) is 88.8 cm³/mol. The third-order valence-corrected chi connectivity index (χ3v) is 4.80. The zero-order valence-corrected chi connectivity index (χ0v) is 13.3. The Hall–Kier alpha value is -2.60. The van der Waals surface area contributed by atoms with Crippen LogP contribution in [0.2, 0.25) is 0 Å². The van der Waals surface area contributed by atoms with Crippen molar-refractivity contribution in [1.82, 2.24) is 15.5 Å². The summed E-state index contributed by atoms with van der Waals surface area (Å²) < 4.78 is 5.47. The van der Waals surface area contributed by atoms with Crippen molar-refractivity contribution in [2.24, 2.45) is 0 Å². The molecule has 0 bridgehead atoms. The van der Waals surface area contributed by atoms with Gasteiger partial charge in [-0.2, -0.15) is 5.10 Å². The lowest BCUT2D eigenvalue weighted by molar-refractivity contribution is 0.0956. The van der Waals surface area contributed by atoms with Crippen molar-refractivity contribution in [1.29, 1.82) is 0 Å². The second-order valence-corrected chi connectivity index (χ2v) is 6.22. The fraction of sp³-hybridized carbons (Fsp3) is 0.176. The van der Waals surface area contributed by atoms with Crippen molar-refractivity contribution in [3.63, 3.8) is 0 Å². The molecule has 0 spiro atoms. The van der Waals surface area contributed by atoms with Gasteiger partial charge in [0, 0.05) is 16.0 Å². The normalized spacial score (nSPS) is 16.2. The molecular formula is C17H15N3O2S. The van der Waals surface area contributed by atoms with Gasteiger partial charge in [-0.15, -0.1) is 11.3 Å². The van der Waals surface area contributed by atoms with E-state index in [-0.39, 0.29) is 11.9 Å². The van der Waals surface area contributed by atoms with Crippen LogP contribution in [0, 0.1) is 0 Å². The molecule has 1 atom stereocenters. The molecule has 2 N–H and O–H groups in total. The van der Waals surface area contributed by atoms with E-state index in [4.69, 9.17) is 4.74 Å². The number of nitrogens with zero attached hydrogens (tertiary/aromatic N) is 1. The van der Waals surface area contributed by atoms with Crippen LogP contribution >= 0.6 is 11.3 Å². The van der Waals surface area contributed by atoms with E-state index < -0.39 is 0 Å². The Labute approximate surface area is 137 Å². The maximum atomic E-state index is 12.2. The molecule has 0 radical (unpaired) electrons. The van der Waals surface area contributed by atoms with E-state index in [0.717, 1.165) is 27.4 Å². The van der Waals surface area contributed by atoms with Crippen molar-refractivity contribution in [3.05, 3.63) is 57.9 Å². The van der Waals surface area contributed by atoms with E-state index >= 15 is 0 Å². The van der Waals surface area contributed by atoms with Crippen molar-refractivity contribution >= 4 is 17.2 Å². The van der Waals surface area contributed by atoms with Gasteiger partial charge in [0.05, 0.1) is 18.3 Å². The Morgan fingerprint density at radius 1 is 1.26 bits per heavy atom. The summed E-state index contributed by atoms with van der Waals surface area (Å²) in [6, 6.07) is 11.7. The highest BCUT2D eigenvalue weighted by atomic mass is 32.1. The number of H-pyrrole nitrogens is 1. The minimum atomic E-state index is -0.141. The maximum Gasteiger partial charge on any atom is 0.270 e. The highest BCUT2D eigenvalue weighted by Gasteiger charge is 2.35. The molecule has 1 aromatic carbocycles. The quantitative estimate of drug-likeness (QED) is 0.773. The lowest BCUT2D eigenvalue weighted by atomic mass is 10.0. The number of hydrogen-bond donors (Lipinski definition) is 2. The van der Waals surface area contributed by atoms with Gasteiger partial charge in [0.25, 0.3) is 5.91 Å². The molecule has 3 heterocycles. The first-order valence-electron chi connectivity index (χ1n) is 7.43. The average Bonchev–Trinajstić information content (AvgIpc) is 3.27. The number of fused-ring (bicyclic) bond motifs is 1. The van der Waals surface area contributed by atoms with Gasteiger partial charge < -0.3 is 10.1 Å². The summed E-state index contributed by atoms with van der Waals surface area (Å²) >= 11 is 1.63. The van der Waals surface area contributed by atoms with Crippen LogP contribution in [-0.2, 0) is 0 Å². The van der Waals surface area contributed by atoms with Crippen molar-refractivity contribution < 1.29 is 9.53 Å². The number of ether oxygens (including phenoxy) is 1. The lowest BCUT2D eigenvalue weighted by Gasteiger charge is -2.11. The zero-order valence-electron chi connectivity index (χ0n) is 12.5. The number of thiophene rings is 1. The molecule has 0 saturated heterocycles. The van der Waals surface area contributed by atoms with Crippen LogP contribution in [0.1, 0.15) is 33.9 Å². The maximum absolute atomic E-state index is 12.2. The van der Waals surface area contributed by atoms with Crippen LogP contribution in [0.15, 0.2) is 41.8 Å². The van der Waals surface area contributed by atoms with Crippen molar-refractivity contribution in [2.75, 3.05) is 6.61 Å². The molecule has 5 nitrogen and oxygen atoms in total. The minimum absolute atomic E-state index is 0.108. The number of carbonyl (C=O) groups is 1. The Bertz CT molecular complexity index is 837. The van der Waals surface area contributed by atoms with Gasteiger partial charge in [0.1, 0.15) is 11.4 Å². The summed E-state index contributed by atoms with van der Waals surface area (Å²) in [4.78, 5) is 13.3.